The molecule has 7 nitrogen and oxygen atoms in total. The summed E-state index contributed by atoms with van der Waals surface area (Å²) in [4.78, 5) is 23.4. The second-order valence-corrected chi connectivity index (χ2v) is 10.8. The van der Waals surface area contributed by atoms with Crippen molar-refractivity contribution in [2.75, 3.05) is 0 Å². The van der Waals surface area contributed by atoms with Crippen LogP contribution in [0, 0.1) is 23.7 Å². The number of rotatable bonds is 6. The molecule has 1 aliphatic carbocycles. The molecular formula is C25H33ClO7. The van der Waals surface area contributed by atoms with Crippen LogP contribution >= 0.6 is 11.6 Å². The normalized spacial score (nSPS) is 42.9. The van der Waals surface area contributed by atoms with Crippen molar-refractivity contribution in [2.24, 2.45) is 23.7 Å². The molecule has 8 heteroatoms. The minimum Gasteiger partial charge on any atom is -0.481 e. The van der Waals surface area contributed by atoms with Crippen molar-refractivity contribution >= 4 is 17.6 Å². The minimum atomic E-state index is -0.860. The summed E-state index contributed by atoms with van der Waals surface area (Å²) in [6.45, 7) is 6.32. The van der Waals surface area contributed by atoms with Gasteiger partial charge in [0.2, 0.25) is 5.79 Å². The third-order valence-electron chi connectivity index (χ3n) is 8.26. The van der Waals surface area contributed by atoms with E-state index in [2.05, 4.69) is 13.8 Å². The average molecular weight is 481 g/mol. The van der Waals surface area contributed by atoms with Gasteiger partial charge in [-0.2, -0.15) is 0 Å². The molecule has 1 unspecified atom stereocenters. The van der Waals surface area contributed by atoms with Gasteiger partial charge in [0, 0.05) is 29.7 Å². The van der Waals surface area contributed by atoms with Gasteiger partial charge in [-0.1, -0.05) is 37.6 Å². The first kappa shape index (κ1) is 23.5. The molecule has 4 saturated heterocycles. The monoisotopic (exact) mass is 480 g/mol. The van der Waals surface area contributed by atoms with Gasteiger partial charge >= 0.3 is 5.97 Å². The smallest absolute Gasteiger partial charge is 0.303 e. The SMILES string of the molecule is C[C@@H]1CCC2[C@@H](C)[C@@H](O[C@@H](CCC(=O)O)c3ccc(Cl)cc3)O[C@@H]3O[C@]4(C)CC[C@@H]1[C@@]23OO4. The number of carbonyl (C=O) groups is 1. The van der Waals surface area contributed by atoms with Gasteiger partial charge in [-0.25, -0.2) is 9.78 Å². The largest absolute Gasteiger partial charge is 0.481 e. The summed E-state index contributed by atoms with van der Waals surface area (Å²) in [6, 6.07) is 7.34. The molecular weight excluding hydrogens is 448 g/mol. The molecule has 1 saturated carbocycles. The summed E-state index contributed by atoms with van der Waals surface area (Å²) in [5.41, 5.74) is 0.228. The summed E-state index contributed by atoms with van der Waals surface area (Å²) >= 11 is 6.07. The Labute approximate surface area is 199 Å². The molecule has 0 radical (unpaired) electrons. The van der Waals surface area contributed by atoms with E-state index in [-0.39, 0.29) is 24.2 Å². The van der Waals surface area contributed by atoms with Crippen molar-refractivity contribution in [3.05, 3.63) is 34.9 Å². The summed E-state index contributed by atoms with van der Waals surface area (Å²) in [5, 5.41) is 9.90. The van der Waals surface area contributed by atoms with Gasteiger partial charge in [0.25, 0.3) is 0 Å². The van der Waals surface area contributed by atoms with Crippen LogP contribution in [0.4, 0.5) is 0 Å². The molecule has 1 aromatic rings. The Morgan fingerprint density at radius 2 is 1.94 bits per heavy atom. The van der Waals surface area contributed by atoms with Gasteiger partial charge in [0.05, 0.1) is 6.10 Å². The first-order chi connectivity index (χ1) is 15.7. The molecule has 6 rings (SSSR count). The third kappa shape index (κ3) is 4.11. The van der Waals surface area contributed by atoms with Crippen molar-refractivity contribution < 1.29 is 33.9 Å². The number of carboxylic acids is 1. The fourth-order valence-corrected chi connectivity index (χ4v) is 6.56. The lowest BCUT2D eigenvalue weighted by molar-refractivity contribution is -0.578. The molecule has 0 amide bonds. The maximum atomic E-state index is 11.3. The van der Waals surface area contributed by atoms with Crippen LogP contribution in [0.25, 0.3) is 0 Å². The van der Waals surface area contributed by atoms with Crippen LogP contribution in [-0.2, 0) is 28.8 Å². The zero-order chi connectivity index (χ0) is 23.4. The molecule has 1 spiro atoms. The highest BCUT2D eigenvalue weighted by Crippen LogP contribution is 2.60. The molecule has 4 aliphatic heterocycles. The predicted octanol–water partition coefficient (Wildman–Crippen LogP) is 5.47. The van der Waals surface area contributed by atoms with E-state index < -0.39 is 36.0 Å². The first-order valence-corrected chi connectivity index (χ1v) is 12.4. The molecule has 33 heavy (non-hydrogen) atoms. The van der Waals surface area contributed by atoms with Gasteiger partial charge in [-0.15, -0.1) is 0 Å². The number of carboxylic acid groups (broad SMARTS) is 1. The van der Waals surface area contributed by atoms with E-state index in [1.54, 1.807) is 12.1 Å². The van der Waals surface area contributed by atoms with E-state index in [0.29, 0.717) is 17.4 Å². The number of fused-ring (bicyclic) bond motifs is 2. The summed E-state index contributed by atoms with van der Waals surface area (Å²) < 4.78 is 19.4. The molecule has 4 heterocycles. The van der Waals surface area contributed by atoms with E-state index in [1.807, 2.05) is 19.1 Å². The van der Waals surface area contributed by atoms with E-state index in [4.69, 9.17) is 35.6 Å². The zero-order valence-electron chi connectivity index (χ0n) is 19.4. The molecule has 0 aromatic heterocycles. The van der Waals surface area contributed by atoms with Crippen LogP contribution in [-0.4, -0.2) is 35.0 Å². The molecule has 182 valence electrons. The number of benzene rings is 1. The Hall–Kier alpha value is -1.22. The Kier molecular flexibility index (Phi) is 6.25. The lowest BCUT2D eigenvalue weighted by Gasteiger charge is -2.60. The second-order valence-electron chi connectivity index (χ2n) is 10.4. The quantitative estimate of drug-likeness (QED) is 0.540. The Morgan fingerprint density at radius 1 is 1.18 bits per heavy atom. The maximum Gasteiger partial charge on any atom is 0.303 e. The van der Waals surface area contributed by atoms with E-state index in [1.165, 1.54) is 0 Å². The maximum absolute atomic E-state index is 11.3. The van der Waals surface area contributed by atoms with Crippen LogP contribution in [0.3, 0.4) is 0 Å². The van der Waals surface area contributed by atoms with Gasteiger partial charge in [-0.05, 0) is 62.1 Å². The van der Waals surface area contributed by atoms with Crippen molar-refractivity contribution in [2.45, 2.75) is 89.4 Å². The third-order valence-corrected chi connectivity index (χ3v) is 8.51. The minimum absolute atomic E-state index is 0.00367. The Bertz CT molecular complexity index is 878. The second kappa shape index (κ2) is 8.77. The van der Waals surface area contributed by atoms with Crippen LogP contribution < -0.4 is 0 Å². The highest BCUT2D eigenvalue weighted by Gasteiger charge is 2.69. The lowest BCUT2D eigenvalue weighted by Crippen LogP contribution is -2.70. The van der Waals surface area contributed by atoms with Gasteiger partial charge < -0.3 is 19.3 Å². The van der Waals surface area contributed by atoms with Crippen molar-refractivity contribution in [1.29, 1.82) is 0 Å². The first-order valence-electron chi connectivity index (χ1n) is 12.0. The lowest BCUT2D eigenvalue weighted by atomic mass is 9.58. The van der Waals surface area contributed by atoms with E-state index in [9.17, 15) is 9.90 Å². The predicted molar refractivity (Wildman–Crippen MR) is 119 cm³/mol. The Balaban J connectivity index is 1.43. The summed E-state index contributed by atoms with van der Waals surface area (Å²) in [5.74, 6) is -0.765. The standard InChI is InChI=1S/C25H33ClO7/c1-14-4-9-19-15(2)22(29-20(10-11-21(27)28)16-5-7-17(26)8-6-16)30-23-25(19)18(14)12-13-24(3,31-23)32-33-25/h5-8,14-15,18-20,22-23H,4,9-13H2,1-3H3,(H,27,28)/t14-,15-,18+,19?,20+,22+,23-,24+,25-/m1/s1. The van der Waals surface area contributed by atoms with Gasteiger partial charge in [-0.3, -0.25) is 4.79 Å². The van der Waals surface area contributed by atoms with Crippen LogP contribution in [0.5, 0.6) is 0 Å². The topological polar surface area (TPSA) is 83.5 Å². The molecule has 5 aliphatic rings. The molecule has 1 N–H and O–H groups in total. The average Bonchev–Trinajstić information content (AvgIpc) is 3.01. The van der Waals surface area contributed by atoms with Crippen molar-refractivity contribution in [1.82, 2.24) is 0 Å². The molecule has 5 fully saturated rings. The number of hydrogen-bond donors (Lipinski definition) is 1. The highest BCUT2D eigenvalue weighted by molar-refractivity contribution is 6.30. The fraction of sp³-hybridized carbons (Fsp3) is 0.720. The van der Waals surface area contributed by atoms with Crippen LogP contribution in [0.2, 0.25) is 5.02 Å². The van der Waals surface area contributed by atoms with Gasteiger partial charge in [0.1, 0.15) is 0 Å². The fourth-order valence-electron chi connectivity index (χ4n) is 6.43. The number of halogens is 1. The summed E-state index contributed by atoms with van der Waals surface area (Å²) in [6.07, 6.45) is 2.56. The number of hydrogen-bond acceptors (Lipinski definition) is 6. The van der Waals surface area contributed by atoms with Crippen molar-refractivity contribution in [3.8, 4) is 0 Å². The van der Waals surface area contributed by atoms with Crippen LogP contribution in [0.15, 0.2) is 24.3 Å². The zero-order valence-corrected chi connectivity index (χ0v) is 20.1. The van der Waals surface area contributed by atoms with Crippen LogP contribution in [0.1, 0.15) is 71.0 Å². The van der Waals surface area contributed by atoms with Gasteiger partial charge in [0.15, 0.2) is 18.2 Å². The number of aliphatic carboxylic acids is 1. The van der Waals surface area contributed by atoms with Crippen molar-refractivity contribution in [3.63, 3.8) is 0 Å². The highest BCUT2D eigenvalue weighted by atomic mass is 35.5. The van der Waals surface area contributed by atoms with E-state index >= 15 is 0 Å². The molecule has 1 aromatic carbocycles. The number of ether oxygens (including phenoxy) is 3. The summed E-state index contributed by atoms with van der Waals surface area (Å²) in [7, 11) is 0. The molecule has 2 bridgehead atoms. The molecule has 9 atom stereocenters. The van der Waals surface area contributed by atoms with E-state index in [0.717, 1.165) is 31.2 Å². The Morgan fingerprint density at radius 3 is 2.67 bits per heavy atom.